The van der Waals surface area contributed by atoms with Gasteiger partial charge >= 0.3 is 5.97 Å². The van der Waals surface area contributed by atoms with Gasteiger partial charge in [-0.25, -0.2) is 13.2 Å². The molecule has 0 fully saturated rings. The number of benzene rings is 1. The van der Waals surface area contributed by atoms with E-state index in [1.165, 1.54) is 12.1 Å². The van der Waals surface area contributed by atoms with Gasteiger partial charge in [0, 0.05) is 6.61 Å². The Labute approximate surface area is 117 Å². The average Bonchev–Trinajstić information content (AvgIpc) is 2.34. The van der Waals surface area contributed by atoms with Crippen molar-refractivity contribution in [3.63, 3.8) is 0 Å². The van der Waals surface area contributed by atoms with Gasteiger partial charge in [0.25, 0.3) is 0 Å². The molecular formula is C12H15ClO5S. The van der Waals surface area contributed by atoms with Gasteiger partial charge in [-0.2, -0.15) is 0 Å². The number of rotatable bonds is 7. The van der Waals surface area contributed by atoms with Crippen LogP contribution >= 0.6 is 11.6 Å². The zero-order valence-corrected chi connectivity index (χ0v) is 12.0. The first-order chi connectivity index (χ1) is 8.88. The lowest BCUT2D eigenvalue weighted by Gasteiger charge is -2.07. The Kier molecular flexibility index (Phi) is 5.78. The molecule has 1 aromatic carbocycles. The van der Waals surface area contributed by atoms with Crippen molar-refractivity contribution in [2.75, 3.05) is 19.0 Å². The molecule has 5 nitrogen and oxygen atoms in total. The molecule has 1 rings (SSSR count). The van der Waals surface area contributed by atoms with E-state index in [1.54, 1.807) is 0 Å². The van der Waals surface area contributed by atoms with Crippen LogP contribution in [0.1, 0.15) is 23.7 Å². The van der Waals surface area contributed by atoms with E-state index in [0.29, 0.717) is 6.61 Å². The molecule has 7 heteroatoms. The van der Waals surface area contributed by atoms with Gasteiger partial charge < -0.3 is 9.84 Å². The van der Waals surface area contributed by atoms with Crippen LogP contribution in [-0.2, 0) is 14.6 Å². The molecular weight excluding hydrogens is 292 g/mol. The summed E-state index contributed by atoms with van der Waals surface area (Å²) in [5, 5.41) is 8.91. The summed E-state index contributed by atoms with van der Waals surface area (Å²) in [5.41, 5.74) is -0.225. The topological polar surface area (TPSA) is 80.7 Å². The van der Waals surface area contributed by atoms with Crippen molar-refractivity contribution in [3.8, 4) is 0 Å². The summed E-state index contributed by atoms with van der Waals surface area (Å²) >= 11 is 5.69. The molecule has 0 amide bonds. The van der Waals surface area contributed by atoms with Crippen LogP contribution in [-0.4, -0.2) is 38.5 Å². The molecule has 0 unspecified atom stereocenters. The van der Waals surface area contributed by atoms with E-state index in [0.717, 1.165) is 12.5 Å². The van der Waals surface area contributed by atoms with Gasteiger partial charge in [0.1, 0.15) is 0 Å². The summed E-state index contributed by atoms with van der Waals surface area (Å²) in [7, 11) is -3.56. The second-order valence-corrected chi connectivity index (χ2v) is 6.39. The van der Waals surface area contributed by atoms with Crippen LogP contribution < -0.4 is 0 Å². The van der Waals surface area contributed by atoms with Gasteiger partial charge in [0.15, 0.2) is 9.84 Å². The molecule has 0 spiro atoms. The van der Waals surface area contributed by atoms with Crippen LogP contribution in [0.4, 0.5) is 0 Å². The van der Waals surface area contributed by atoms with Crippen molar-refractivity contribution in [1.29, 1.82) is 0 Å². The van der Waals surface area contributed by atoms with Crippen LogP contribution in [0.3, 0.4) is 0 Å². The lowest BCUT2D eigenvalue weighted by molar-refractivity contribution is 0.0697. The summed E-state index contributed by atoms with van der Waals surface area (Å²) in [6, 6.07) is 3.63. The predicted molar refractivity (Wildman–Crippen MR) is 71.6 cm³/mol. The molecule has 0 radical (unpaired) electrons. The summed E-state index contributed by atoms with van der Waals surface area (Å²) in [6.07, 6.45) is 0.810. The molecule has 0 saturated carbocycles. The highest BCUT2D eigenvalue weighted by Crippen LogP contribution is 2.21. The standard InChI is InChI=1S/C12H15ClO5S/c1-2-5-18-6-7-19(16,17)9-3-4-11(13)10(8-9)12(14)15/h3-4,8H,2,5-7H2,1H3,(H,14,15). The Morgan fingerprint density at radius 3 is 2.63 bits per heavy atom. The van der Waals surface area contributed by atoms with Crippen LogP contribution in [0.5, 0.6) is 0 Å². The smallest absolute Gasteiger partial charge is 0.337 e. The second kappa shape index (κ2) is 6.88. The van der Waals surface area contributed by atoms with E-state index >= 15 is 0 Å². The third-order valence-corrected chi connectivity index (χ3v) is 4.38. The Bertz CT molecular complexity index is 553. The maximum absolute atomic E-state index is 12.0. The van der Waals surface area contributed by atoms with Crippen molar-refractivity contribution < 1.29 is 23.1 Å². The third kappa shape index (κ3) is 4.49. The molecule has 0 aliphatic heterocycles. The fourth-order valence-corrected chi connectivity index (χ4v) is 2.74. The van der Waals surface area contributed by atoms with Crippen molar-refractivity contribution in [3.05, 3.63) is 28.8 Å². The summed E-state index contributed by atoms with van der Waals surface area (Å²) < 4.78 is 29.1. The highest BCUT2D eigenvalue weighted by Gasteiger charge is 2.18. The highest BCUT2D eigenvalue weighted by molar-refractivity contribution is 7.91. The Balaban J connectivity index is 2.89. The first kappa shape index (κ1) is 15.9. The van der Waals surface area contributed by atoms with Gasteiger partial charge in [-0.05, 0) is 24.6 Å². The minimum atomic E-state index is -3.56. The number of halogens is 1. The number of carboxylic acid groups (broad SMARTS) is 1. The molecule has 0 aliphatic carbocycles. The number of aromatic carboxylic acids is 1. The van der Waals surface area contributed by atoms with E-state index in [-0.39, 0.29) is 27.8 Å². The fourth-order valence-electron chi connectivity index (χ4n) is 1.39. The summed E-state index contributed by atoms with van der Waals surface area (Å²) in [6.45, 7) is 2.50. The number of hydrogen-bond donors (Lipinski definition) is 1. The number of carbonyl (C=O) groups is 1. The normalized spacial score (nSPS) is 11.5. The minimum Gasteiger partial charge on any atom is -0.478 e. The zero-order chi connectivity index (χ0) is 14.5. The number of carboxylic acids is 1. The Morgan fingerprint density at radius 2 is 2.05 bits per heavy atom. The SMILES string of the molecule is CCCOCCS(=O)(=O)c1ccc(Cl)c(C(=O)O)c1. The van der Waals surface area contributed by atoms with Crippen molar-refractivity contribution in [1.82, 2.24) is 0 Å². The highest BCUT2D eigenvalue weighted by atomic mass is 35.5. The van der Waals surface area contributed by atoms with Gasteiger partial charge in [0.05, 0.1) is 27.8 Å². The Hall–Kier alpha value is -1.11. The molecule has 0 saturated heterocycles. The van der Waals surface area contributed by atoms with Crippen LogP contribution in [0.15, 0.2) is 23.1 Å². The van der Waals surface area contributed by atoms with Gasteiger partial charge in [0.2, 0.25) is 0 Å². The molecule has 0 bridgehead atoms. The van der Waals surface area contributed by atoms with Gasteiger partial charge in [-0.15, -0.1) is 0 Å². The molecule has 0 heterocycles. The summed E-state index contributed by atoms with van der Waals surface area (Å²) in [5.74, 6) is -1.45. The van der Waals surface area contributed by atoms with E-state index in [4.69, 9.17) is 21.4 Å². The van der Waals surface area contributed by atoms with Crippen LogP contribution in [0, 0.1) is 0 Å². The maximum atomic E-state index is 12.0. The quantitative estimate of drug-likeness (QED) is 0.781. The lowest BCUT2D eigenvalue weighted by atomic mass is 10.2. The monoisotopic (exact) mass is 306 g/mol. The van der Waals surface area contributed by atoms with Crippen molar-refractivity contribution in [2.24, 2.45) is 0 Å². The van der Waals surface area contributed by atoms with Crippen molar-refractivity contribution >= 4 is 27.4 Å². The Morgan fingerprint density at radius 1 is 1.37 bits per heavy atom. The molecule has 0 aromatic heterocycles. The van der Waals surface area contributed by atoms with Crippen LogP contribution in [0.25, 0.3) is 0 Å². The fraction of sp³-hybridized carbons (Fsp3) is 0.417. The third-order valence-electron chi connectivity index (χ3n) is 2.37. The predicted octanol–water partition coefficient (Wildman–Crippen LogP) is 2.24. The summed E-state index contributed by atoms with van der Waals surface area (Å²) in [4.78, 5) is 10.8. The minimum absolute atomic E-state index is 0.00804. The largest absolute Gasteiger partial charge is 0.478 e. The molecule has 19 heavy (non-hydrogen) atoms. The number of ether oxygens (including phenoxy) is 1. The lowest BCUT2D eigenvalue weighted by Crippen LogP contribution is -2.13. The van der Waals surface area contributed by atoms with Crippen molar-refractivity contribution in [2.45, 2.75) is 18.2 Å². The molecule has 1 N–H and O–H groups in total. The molecule has 0 aliphatic rings. The van der Waals surface area contributed by atoms with Gasteiger partial charge in [-0.1, -0.05) is 18.5 Å². The maximum Gasteiger partial charge on any atom is 0.337 e. The van der Waals surface area contributed by atoms with E-state index in [1.807, 2.05) is 6.92 Å². The first-order valence-electron chi connectivity index (χ1n) is 5.72. The number of hydrogen-bond acceptors (Lipinski definition) is 4. The van der Waals surface area contributed by atoms with E-state index in [9.17, 15) is 13.2 Å². The van der Waals surface area contributed by atoms with Crippen LogP contribution in [0.2, 0.25) is 5.02 Å². The van der Waals surface area contributed by atoms with E-state index < -0.39 is 15.8 Å². The molecule has 106 valence electrons. The average molecular weight is 307 g/mol. The van der Waals surface area contributed by atoms with Gasteiger partial charge in [-0.3, -0.25) is 0 Å². The molecule has 0 atom stereocenters. The number of sulfone groups is 1. The first-order valence-corrected chi connectivity index (χ1v) is 7.75. The second-order valence-electron chi connectivity index (χ2n) is 3.88. The molecule has 1 aromatic rings. The van der Waals surface area contributed by atoms with E-state index in [2.05, 4.69) is 0 Å². The zero-order valence-electron chi connectivity index (χ0n) is 10.4.